The maximum atomic E-state index is 12.8. The molecule has 1 aliphatic carbocycles. The quantitative estimate of drug-likeness (QED) is 0.874. The molecule has 0 aromatic heterocycles. The highest BCUT2D eigenvalue weighted by Crippen LogP contribution is 2.41. The van der Waals surface area contributed by atoms with E-state index in [1.54, 1.807) is 0 Å². The standard InChI is InChI=1S/C12H12ClFO3/c13-10-3-9(14)2-1-7(10)4-12(17)5-8(6-12)11(15)16/h1-3,8,17H,4-6H2,(H,15,16). The number of carboxylic acids is 1. The fourth-order valence-corrected chi connectivity index (χ4v) is 2.43. The van der Waals surface area contributed by atoms with Crippen molar-refractivity contribution in [2.24, 2.45) is 5.92 Å². The van der Waals surface area contributed by atoms with Crippen LogP contribution in [0.25, 0.3) is 0 Å². The normalized spacial score (nSPS) is 27.6. The maximum absolute atomic E-state index is 12.8. The zero-order valence-electron chi connectivity index (χ0n) is 8.99. The van der Waals surface area contributed by atoms with Crippen molar-refractivity contribution in [3.05, 3.63) is 34.6 Å². The number of carbonyl (C=O) groups is 1. The Morgan fingerprint density at radius 3 is 2.71 bits per heavy atom. The molecule has 1 aromatic rings. The maximum Gasteiger partial charge on any atom is 0.306 e. The number of benzene rings is 1. The Bertz CT molecular complexity index is 455. The molecule has 3 nitrogen and oxygen atoms in total. The number of hydrogen-bond donors (Lipinski definition) is 2. The van der Waals surface area contributed by atoms with Crippen LogP contribution in [0, 0.1) is 11.7 Å². The van der Waals surface area contributed by atoms with Crippen LogP contribution in [0.1, 0.15) is 18.4 Å². The van der Waals surface area contributed by atoms with Crippen LogP contribution in [0.2, 0.25) is 5.02 Å². The number of halogens is 2. The summed E-state index contributed by atoms with van der Waals surface area (Å²) in [6.45, 7) is 0. The third kappa shape index (κ3) is 2.58. The average molecular weight is 259 g/mol. The summed E-state index contributed by atoms with van der Waals surface area (Å²) in [5, 5.41) is 19.1. The summed E-state index contributed by atoms with van der Waals surface area (Å²) in [5.41, 5.74) is -0.385. The topological polar surface area (TPSA) is 57.5 Å². The van der Waals surface area contributed by atoms with E-state index in [0.29, 0.717) is 5.56 Å². The minimum absolute atomic E-state index is 0.218. The van der Waals surface area contributed by atoms with Gasteiger partial charge in [0.05, 0.1) is 11.5 Å². The second-order valence-corrected chi connectivity index (χ2v) is 4.99. The molecule has 2 rings (SSSR count). The van der Waals surface area contributed by atoms with Crippen molar-refractivity contribution < 1.29 is 19.4 Å². The van der Waals surface area contributed by atoms with Crippen LogP contribution in [0.3, 0.4) is 0 Å². The van der Waals surface area contributed by atoms with Crippen molar-refractivity contribution in [2.45, 2.75) is 24.9 Å². The van der Waals surface area contributed by atoms with Gasteiger partial charge in [-0.3, -0.25) is 4.79 Å². The molecule has 0 saturated heterocycles. The molecule has 92 valence electrons. The van der Waals surface area contributed by atoms with Crippen molar-refractivity contribution >= 4 is 17.6 Å². The van der Waals surface area contributed by atoms with E-state index in [2.05, 4.69) is 0 Å². The molecule has 2 N–H and O–H groups in total. The second kappa shape index (κ2) is 4.27. The number of aliphatic carboxylic acids is 1. The lowest BCUT2D eigenvalue weighted by Gasteiger charge is -2.41. The largest absolute Gasteiger partial charge is 0.481 e. The van der Waals surface area contributed by atoms with Crippen LogP contribution in [0.4, 0.5) is 4.39 Å². The summed E-state index contributed by atoms with van der Waals surface area (Å²) in [4.78, 5) is 10.6. The molecule has 0 spiro atoms. The number of aliphatic hydroxyl groups is 1. The smallest absolute Gasteiger partial charge is 0.306 e. The predicted molar refractivity (Wildman–Crippen MR) is 60.4 cm³/mol. The number of rotatable bonds is 3. The van der Waals surface area contributed by atoms with Crippen molar-refractivity contribution in [1.82, 2.24) is 0 Å². The molecule has 0 bridgehead atoms. The van der Waals surface area contributed by atoms with Crippen molar-refractivity contribution in [3.63, 3.8) is 0 Å². The minimum atomic E-state index is -1.02. The van der Waals surface area contributed by atoms with E-state index in [-0.39, 0.29) is 24.3 Å². The fraction of sp³-hybridized carbons (Fsp3) is 0.417. The Balaban J connectivity index is 2.05. The fourth-order valence-electron chi connectivity index (χ4n) is 2.20. The van der Waals surface area contributed by atoms with Gasteiger partial charge in [-0.15, -0.1) is 0 Å². The van der Waals surface area contributed by atoms with E-state index in [0.717, 1.165) is 0 Å². The van der Waals surface area contributed by atoms with E-state index in [1.807, 2.05) is 0 Å². The summed E-state index contributed by atoms with van der Waals surface area (Å²) in [6, 6.07) is 3.98. The minimum Gasteiger partial charge on any atom is -0.481 e. The first-order valence-corrected chi connectivity index (χ1v) is 5.66. The third-order valence-electron chi connectivity index (χ3n) is 3.14. The summed E-state index contributed by atoms with van der Waals surface area (Å²) in [7, 11) is 0. The summed E-state index contributed by atoms with van der Waals surface area (Å²) in [5.74, 6) is -1.80. The Morgan fingerprint density at radius 1 is 1.53 bits per heavy atom. The van der Waals surface area contributed by atoms with Gasteiger partial charge < -0.3 is 10.2 Å². The molecule has 0 unspecified atom stereocenters. The monoisotopic (exact) mass is 258 g/mol. The van der Waals surface area contributed by atoms with Crippen LogP contribution >= 0.6 is 11.6 Å². The van der Waals surface area contributed by atoms with Gasteiger partial charge in [0, 0.05) is 11.4 Å². The molecule has 1 aromatic carbocycles. The summed E-state index contributed by atoms with van der Waals surface area (Å²) in [6.07, 6.45) is 0.696. The lowest BCUT2D eigenvalue weighted by molar-refractivity contribution is -0.158. The van der Waals surface area contributed by atoms with Gasteiger partial charge in [0.15, 0.2) is 0 Å². The van der Waals surface area contributed by atoms with E-state index in [9.17, 15) is 14.3 Å². The molecule has 0 amide bonds. The molecule has 0 heterocycles. The molecule has 5 heteroatoms. The molecule has 0 aliphatic heterocycles. The van der Waals surface area contributed by atoms with Crippen LogP contribution < -0.4 is 0 Å². The zero-order chi connectivity index (χ0) is 12.6. The first-order chi connectivity index (χ1) is 7.89. The Morgan fingerprint density at radius 2 is 2.18 bits per heavy atom. The average Bonchev–Trinajstić information content (AvgIpc) is 2.18. The van der Waals surface area contributed by atoms with Gasteiger partial charge >= 0.3 is 5.97 Å². The SMILES string of the molecule is O=C(O)C1CC(O)(Cc2ccc(F)cc2Cl)C1. The van der Waals surface area contributed by atoms with E-state index in [4.69, 9.17) is 16.7 Å². The zero-order valence-corrected chi connectivity index (χ0v) is 9.75. The van der Waals surface area contributed by atoms with Gasteiger partial charge in [0.2, 0.25) is 0 Å². The van der Waals surface area contributed by atoms with Crippen LogP contribution in [0.15, 0.2) is 18.2 Å². The molecule has 17 heavy (non-hydrogen) atoms. The lowest BCUT2D eigenvalue weighted by atomic mass is 9.68. The van der Waals surface area contributed by atoms with Crippen LogP contribution in [0.5, 0.6) is 0 Å². The second-order valence-electron chi connectivity index (χ2n) is 4.58. The van der Waals surface area contributed by atoms with Gasteiger partial charge in [0.1, 0.15) is 5.82 Å². The van der Waals surface area contributed by atoms with Crippen molar-refractivity contribution in [1.29, 1.82) is 0 Å². The lowest BCUT2D eigenvalue weighted by Crippen LogP contribution is -2.48. The first-order valence-electron chi connectivity index (χ1n) is 5.29. The highest BCUT2D eigenvalue weighted by Gasteiger charge is 2.46. The Kier molecular flexibility index (Phi) is 3.10. The van der Waals surface area contributed by atoms with Gasteiger partial charge in [-0.2, -0.15) is 0 Å². The van der Waals surface area contributed by atoms with Gasteiger partial charge in [0.25, 0.3) is 0 Å². The van der Waals surface area contributed by atoms with E-state index in [1.165, 1.54) is 18.2 Å². The first kappa shape index (κ1) is 12.3. The Labute approximate surface area is 103 Å². The van der Waals surface area contributed by atoms with E-state index < -0.39 is 23.3 Å². The Hall–Kier alpha value is -1.13. The molecule has 1 fully saturated rings. The summed E-state index contributed by atoms with van der Waals surface area (Å²) < 4.78 is 12.8. The van der Waals surface area contributed by atoms with Crippen LogP contribution in [-0.2, 0) is 11.2 Å². The molecular formula is C12H12ClFO3. The van der Waals surface area contributed by atoms with Crippen LogP contribution in [-0.4, -0.2) is 21.8 Å². The summed E-state index contributed by atoms with van der Waals surface area (Å²) >= 11 is 5.85. The molecular weight excluding hydrogens is 247 g/mol. The number of carboxylic acid groups (broad SMARTS) is 1. The van der Waals surface area contributed by atoms with Gasteiger partial charge in [-0.1, -0.05) is 17.7 Å². The highest BCUT2D eigenvalue weighted by molar-refractivity contribution is 6.31. The van der Waals surface area contributed by atoms with Crippen molar-refractivity contribution in [3.8, 4) is 0 Å². The molecule has 0 atom stereocenters. The highest BCUT2D eigenvalue weighted by atomic mass is 35.5. The van der Waals surface area contributed by atoms with E-state index >= 15 is 0 Å². The molecule has 1 saturated carbocycles. The van der Waals surface area contributed by atoms with Gasteiger partial charge in [-0.05, 0) is 30.5 Å². The molecule has 0 radical (unpaired) electrons. The third-order valence-corrected chi connectivity index (χ3v) is 3.49. The van der Waals surface area contributed by atoms with Crippen molar-refractivity contribution in [2.75, 3.05) is 0 Å². The number of hydrogen-bond acceptors (Lipinski definition) is 2. The predicted octanol–water partition coefficient (Wildman–Crippen LogP) is 2.25. The molecule has 1 aliphatic rings. The van der Waals surface area contributed by atoms with Gasteiger partial charge in [-0.25, -0.2) is 4.39 Å².